The Balaban J connectivity index is 1.99. The average molecular weight is 339 g/mol. The summed E-state index contributed by atoms with van der Waals surface area (Å²) < 4.78 is 7.01. The summed E-state index contributed by atoms with van der Waals surface area (Å²) >= 11 is 0. The van der Waals surface area contributed by atoms with E-state index in [9.17, 15) is 15.0 Å². The first kappa shape index (κ1) is 18.9. The highest BCUT2D eigenvalue weighted by Gasteiger charge is 2.22. The van der Waals surface area contributed by atoms with Crippen LogP contribution in [0.2, 0.25) is 0 Å². The van der Waals surface area contributed by atoms with E-state index in [4.69, 9.17) is 4.74 Å². The van der Waals surface area contributed by atoms with Gasteiger partial charge in [-0.2, -0.15) is 5.10 Å². The summed E-state index contributed by atoms with van der Waals surface area (Å²) in [4.78, 5) is 14.3. The highest BCUT2D eigenvalue weighted by Crippen LogP contribution is 2.11. The van der Waals surface area contributed by atoms with Crippen LogP contribution in [0.3, 0.4) is 0 Å². The Kier molecular flexibility index (Phi) is 7.68. The summed E-state index contributed by atoms with van der Waals surface area (Å²) in [5, 5.41) is 24.2. The lowest BCUT2D eigenvalue weighted by Crippen LogP contribution is -2.38. The smallest absolute Gasteiger partial charge is 0.274 e. The molecular formula is C17H29N3O4. The van der Waals surface area contributed by atoms with Crippen LogP contribution in [0.5, 0.6) is 0 Å². The van der Waals surface area contributed by atoms with Crippen LogP contribution in [0.4, 0.5) is 0 Å². The first-order valence-electron chi connectivity index (χ1n) is 8.80. The maximum absolute atomic E-state index is 12.6. The van der Waals surface area contributed by atoms with Crippen molar-refractivity contribution < 1.29 is 19.7 Å². The lowest BCUT2D eigenvalue weighted by Gasteiger charge is -2.25. The van der Waals surface area contributed by atoms with E-state index in [1.807, 2.05) is 0 Å². The Morgan fingerprint density at radius 1 is 1.17 bits per heavy atom. The molecule has 0 radical (unpaired) electrons. The van der Waals surface area contributed by atoms with Crippen LogP contribution < -0.4 is 0 Å². The summed E-state index contributed by atoms with van der Waals surface area (Å²) in [7, 11) is 1.78. The van der Waals surface area contributed by atoms with E-state index >= 15 is 0 Å². The Hall–Kier alpha value is -1.44. The van der Waals surface area contributed by atoms with Gasteiger partial charge in [-0.3, -0.25) is 9.48 Å². The van der Waals surface area contributed by atoms with Gasteiger partial charge >= 0.3 is 0 Å². The maximum Gasteiger partial charge on any atom is 0.274 e. The van der Waals surface area contributed by atoms with Crippen molar-refractivity contribution in [1.29, 1.82) is 0 Å². The molecular weight excluding hydrogens is 310 g/mol. The molecule has 1 aromatic heterocycles. The number of hydrogen-bond donors (Lipinski definition) is 2. The number of carbonyl (C=O) groups excluding carboxylic acids is 1. The molecule has 1 amide bonds. The van der Waals surface area contributed by atoms with Gasteiger partial charge in [0.25, 0.3) is 5.91 Å². The Morgan fingerprint density at radius 3 is 2.67 bits per heavy atom. The molecule has 0 aromatic carbocycles. The SMILES string of the molecule is Cn1ccc(C(=O)N2CCCCCCCOC[C@@H](O)[C@@H](O)CC2)n1. The van der Waals surface area contributed by atoms with Crippen LogP contribution in [-0.2, 0) is 11.8 Å². The highest BCUT2D eigenvalue weighted by atomic mass is 16.5. The van der Waals surface area contributed by atoms with Gasteiger partial charge in [0.2, 0.25) is 0 Å². The Bertz CT molecular complexity index is 506. The average Bonchev–Trinajstić information content (AvgIpc) is 3.00. The first-order valence-corrected chi connectivity index (χ1v) is 8.80. The number of aryl methyl sites for hydroxylation is 1. The normalized spacial score (nSPS) is 25.2. The molecule has 2 rings (SSSR count). The highest BCUT2D eigenvalue weighted by molar-refractivity contribution is 5.92. The third-order valence-corrected chi connectivity index (χ3v) is 4.36. The minimum atomic E-state index is -0.917. The Labute approximate surface area is 143 Å². The molecule has 2 heterocycles. The van der Waals surface area contributed by atoms with E-state index < -0.39 is 12.2 Å². The molecule has 2 atom stereocenters. The van der Waals surface area contributed by atoms with Gasteiger partial charge in [-0.05, 0) is 25.3 Å². The second-order valence-electron chi connectivity index (χ2n) is 6.43. The first-order chi connectivity index (χ1) is 11.6. The molecule has 1 aromatic rings. The van der Waals surface area contributed by atoms with Crippen LogP contribution in [0.1, 0.15) is 49.0 Å². The maximum atomic E-state index is 12.6. The molecule has 2 N–H and O–H groups in total. The van der Waals surface area contributed by atoms with E-state index in [0.29, 0.717) is 31.8 Å². The van der Waals surface area contributed by atoms with Gasteiger partial charge in [0.05, 0.1) is 12.7 Å². The number of amides is 1. The second kappa shape index (κ2) is 9.76. The van der Waals surface area contributed by atoms with Crippen molar-refractivity contribution in [3.05, 3.63) is 18.0 Å². The standard InChI is InChI=1S/C17H29N3O4/c1-19-10-7-14(18-19)17(23)20-9-5-3-2-4-6-12-24-13-16(22)15(21)8-11-20/h7,10,15-16,21-22H,2-6,8-9,11-13H2,1H3/t15-,16+/m0/s1. The molecule has 0 saturated carbocycles. The van der Waals surface area contributed by atoms with Crippen LogP contribution in [-0.4, -0.2) is 69.3 Å². The molecule has 136 valence electrons. The fourth-order valence-electron chi connectivity index (χ4n) is 2.84. The van der Waals surface area contributed by atoms with E-state index in [2.05, 4.69) is 5.10 Å². The molecule has 0 spiro atoms. The van der Waals surface area contributed by atoms with Gasteiger partial charge in [-0.15, -0.1) is 0 Å². The molecule has 7 heteroatoms. The number of aliphatic hydroxyl groups is 2. The van der Waals surface area contributed by atoms with Crippen LogP contribution in [0, 0.1) is 0 Å². The zero-order valence-corrected chi connectivity index (χ0v) is 14.4. The molecule has 1 aliphatic rings. The van der Waals surface area contributed by atoms with Crippen molar-refractivity contribution in [3.8, 4) is 0 Å². The molecule has 7 nitrogen and oxygen atoms in total. The topological polar surface area (TPSA) is 87.8 Å². The molecule has 0 bridgehead atoms. The second-order valence-corrected chi connectivity index (χ2v) is 6.43. The van der Waals surface area contributed by atoms with Gasteiger partial charge in [0.1, 0.15) is 11.8 Å². The third-order valence-electron chi connectivity index (χ3n) is 4.36. The summed E-state index contributed by atoms with van der Waals surface area (Å²) in [5.41, 5.74) is 0.414. The van der Waals surface area contributed by atoms with E-state index in [1.54, 1.807) is 28.9 Å². The number of carbonyl (C=O) groups is 1. The largest absolute Gasteiger partial charge is 0.390 e. The predicted molar refractivity (Wildman–Crippen MR) is 89.6 cm³/mol. The number of hydrogen-bond acceptors (Lipinski definition) is 5. The van der Waals surface area contributed by atoms with Crippen LogP contribution in [0.15, 0.2) is 12.3 Å². The zero-order valence-electron chi connectivity index (χ0n) is 14.4. The minimum absolute atomic E-state index is 0.124. The molecule has 0 aliphatic carbocycles. The number of nitrogens with zero attached hydrogens (tertiary/aromatic N) is 3. The van der Waals surface area contributed by atoms with Crippen LogP contribution in [0.25, 0.3) is 0 Å². The van der Waals surface area contributed by atoms with Crippen molar-refractivity contribution in [3.63, 3.8) is 0 Å². The zero-order chi connectivity index (χ0) is 17.4. The van der Waals surface area contributed by atoms with Crippen LogP contribution >= 0.6 is 0 Å². The van der Waals surface area contributed by atoms with Crippen molar-refractivity contribution in [2.24, 2.45) is 7.05 Å². The van der Waals surface area contributed by atoms with Gasteiger partial charge in [-0.1, -0.05) is 19.3 Å². The van der Waals surface area contributed by atoms with Crippen molar-refractivity contribution in [2.45, 2.75) is 50.7 Å². The molecule has 1 fully saturated rings. The number of aliphatic hydroxyl groups excluding tert-OH is 2. The molecule has 1 saturated heterocycles. The quantitative estimate of drug-likeness (QED) is 0.795. The van der Waals surface area contributed by atoms with Crippen molar-refractivity contribution in [2.75, 3.05) is 26.3 Å². The summed E-state index contributed by atoms with van der Waals surface area (Å²) in [5.74, 6) is -0.124. The van der Waals surface area contributed by atoms with E-state index in [1.165, 1.54) is 0 Å². The van der Waals surface area contributed by atoms with E-state index in [0.717, 1.165) is 32.1 Å². The number of rotatable bonds is 1. The summed E-state index contributed by atoms with van der Waals surface area (Å²) in [6, 6.07) is 1.70. The van der Waals surface area contributed by atoms with E-state index in [-0.39, 0.29) is 12.5 Å². The monoisotopic (exact) mass is 339 g/mol. The molecule has 1 aliphatic heterocycles. The summed E-state index contributed by atoms with van der Waals surface area (Å²) in [6.07, 6.45) is 5.39. The molecule has 0 unspecified atom stereocenters. The van der Waals surface area contributed by atoms with Gasteiger partial charge in [-0.25, -0.2) is 0 Å². The van der Waals surface area contributed by atoms with Crippen molar-refractivity contribution >= 4 is 5.91 Å². The lowest BCUT2D eigenvalue weighted by molar-refractivity contribution is -0.0434. The fourth-order valence-corrected chi connectivity index (χ4v) is 2.84. The molecule has 24 heavy (non-hydrogen) atoms. The third kappa shape index (κ3) is 5.89. The fraction of sp³-hybridized carbons (Fsp3) is 0.765. The van der Waals surface area contributed by atoms with Gasteiger partial charge in [0.15, 0.2) is 0 Å². The Morgan fingerprint density at radius 2 is 1.92 bits per heavy atom. The minimum Gasteiger partial charge on any atom is -0.390 e. The van der Waals surface area contributed by atoms with Gasteiger partial charge in [0, 0.05) is 32.9 Å². The number of aromatic nitrogens is 2. The predicted octanol–water partition coefficient (Wildman–Crippen LogP) is 0.955. The van der Waals surface area contributed by atoms with Gasteiger partial charge < -0.3 is 19.8 Å². The summed E-state index contributed by atoms with van der Waals surface area (Å²) in [6.45, 7) is 1.80. The lowest BCUT2D eigenvalue weighted by atomic mass is 10.1. The van der Waals surface area contributed by atoms with Crippen molar-refractivity contribution in [1.82, 2.24) is 14.7 Å². The number of ether oxygens (including phenoxy) is 1.